The topological polar surface area (TPSA) is 118 Å². The Kier molecular flexibility index (Phi) is 7.51. The van der Waals surface area contributed by atoms with Crippen molar-refractivity contribution in [2.45, 2.75) is 17.0 Å². The molecule has 0 fully saturated rings. The van der Waals surface area contributed by atoms with Crippen molar-refractivity contribution in [1.82, 2.24) is 15.2 Å². The molecule has 0 radical (unpaired) electrons. The first kappa shape index (κ1) is 24.2. The molecule has 0 saturated heterocycles. The number of carbonyl (C=O) groups is 1. The highest BCUT2D eigenvalue weighted by Crippen LogP contribution is 2.27. The Bertz CT molecular complexity index is 1380. The quantitative estimate of drug-likeness (QED) is 0.304. The van der Waals surface area contributed by atoms with Gasteiger partial charge in [0.2, 0.25) is 11.8 Å². The van der Waals surface area contributed by atoms with Gasteiger partial charge in [-0.2, -0.15) is 0 Å². The minimum atomic E-state index is -3.76. The second kappa shape index (κ2) is 10.6. The first-order chi connectivity index (χ1) is 16.4. The van der Waals surface area contributed by atoms with Gasteiger partial charge in [-0.25, -0.2) is 17.7 Å². The van der Waals surface area contributed by atoms with Crippen LogP contribution in [0.3, 0.4) is 0 Å². The summed E-state index contributed by atoms with van der Waals surface area (Å²) in [6, 6.07) is 13.0. The summed E-state index contributed by atoms with van der Waals surface area (Å²) in [5.74, 6) is 0.0346. The summed E-state index contributed by atoms with van der Waals surface area (Å²) >= 11 is 8.31. The van der Waals surface area contributed by atoms with E-state index in [1.54, 1.807) is 42.8 Å². The molecular formula is C21H18ClN5O4S3. The van der Waals surface area contributed by atoms with E-state index >= 15 is 0 Å². The third-order valence-corrected chi connectivity index (χ3v) is 8.29. The number of carbonyl (C=O) groups excluding carboxylic acids is 1. The number of nitrogens with zero attached hydrogens (tertiary/aromatic N) is 4. The SMILES string of the molecule is CCN(c1nccs1)S(=O)(=O)c1ccc(NC(=O)CSc2nnc(-c3cccc(Cl)c3)o2)cc1. The Morgan fingerprint density at radius 1 is 1.21 bits per heavy atom. The van der Waals surface area contributed by atoms with E-state index in [0.717, 1.165) is 11.8 Å². The van der Waals surface area contributed by atoms with Gasteiger partial charge in [-0.3, -0.25) is 4.79 Å². The smallest absolute Gasteiger partial charge is 0.277 e. The highest BCUT2D eigenvalue weighted by molar-refractivity contribution is 7.99. The molecule has 0 bridgehead atoms. The number of rotatable bonds is 9. The highest BCUT2D eigenvalue weighted by Gasteiger charge is 2.25. The van der Waals surface area contributed by atoms with E-state index in [4.69, 9.17) is 16.0 Å². The molecule has 0 unspecified atom stereocenters. The molecule has 1 amide bonds. The van der Waals surface area contributed by atoms with Gasteiger partial charge >= 0.3 is 0 Å². The normalized spacial score (nSPS) is 11.4. The maximum absolute atomic E-state index is 12.9. The lowest BCUT2D eigenvalue weighted by molar-refractivity contribution is -0.113. The van der Waals surface area contributed by atoms with Crippen LogP contribution in [0.15, 0.2) is 74.6 Å². The molecular weight excluding hydrogens is 518 g/mol. The van der Waals surface area contributed by atoms with Crippen LogP contribution >= 0.6 is 34.7 Å². The summed E-state index contributed by atoms with van der Waals surface area (Å²) in [4.78, 5) is 16.5. The van der Waals surface area contributed by atoms with Crippen LogP contribution in [0, 0.1) is 0 Å². The third kappa shape index (κ3) is 5.58. The van der Waals surface area contributed by atoms with Crippen LogP contribution in [0.4, 0.5) is 10.8 Å². The standard InChI is InChI=1S/C21H18ClN5O4S3/c1-2-27(20-23-10-11-32-20)34(29,30)17-8-6-16(7-9-17)24-18(28)13-33-21-26-25-19(31-21)14-4-3-5-15(22)12-14/h3-12H,2,13H2,1H3,(H,24,28). The molecule has 0 saturated carbocycles. The van der Waals surface area contributed by atoms with Gasteiger partial charge in [0.15, 0.2) is 5.13 Å². The van der Waals surface area contributed by atoms with Crippen molar-refractivity contribution in [2.75, 3.05) is 21.9 Å². The lowest BCUT2D eigenvalue weighted by Crippen LogP contribution is -2.30. The van der Waals surface area contributed by atoms with Gasteiger partial charge < -0.3 is 9.73 Å². The zero-order valence-electron chi connectivity index (χ0n) is 17.7. The lowest BCUT2D eigenvalue weighted by atomic mass is 10.2. The van der Waals surface area contributed by atoms with Crippen LogP contribution < -0.4 is 9.62 Å². The number of nitrogens with one attached hydrogen (secondary N) is 1. The fraction of sp³-hybridized carbons (Fsp3) is 0.143. The predicted octanol–water partition coefficient (Wildman–Crippen LogP) is 4.79. The zero-order valence-corrected chi connectivity index (χ0v) is 20.9. The van der Waals surface area contributed by atoms with E-state index in [0.29, 0.717) is 27.3 Å². The van der Waals surface area contributed by atoms with Gasteiger partial charge in [0.1, 0.15) is 0 Å². The van der Waals surface area contributed by atoms with Crippen molar-refractivity contribution >= 4 is 61.4 Å². The predicted molar refractivity (Wildman–Crippen MR) is 133 cm³/mol. The number of amides is 1. The molecule has 34 heavy (non-hydrogen) atoms. The molecule has 4 aromatic rings. The maximum Gasteiger partial charge on any atom is 0.277 e. The maximum atomic E-state index is 12.9. The summed E-state index contributed by atoms with van der Waals surface area (Å²) in [5, 5.41) is 13.5. The molecule has 0 aliphatic rings. The zero-order chi connectivity index (χ0) is 24.1. The van der Waals surface area contributed by atoms with Gasteiger partial charge in [-0.05, 0) is 49.4 Å². The average molecular weight is 536 g/mol. The first-order valence-electron chi connectivity index (χ1n) is 9.91. The number of benzene rings is 2. The molecule has 2 heterocycles. The van der Waals surface area contributed by atoms with Gasteiger partial charge in [0.25, 0.3) is 15.2 Å². The Morgan fingerprint density at radius 3 is 2.68 bits per heavy atom. The van der Waals surface area contributed by atoms with Crippen molar-refractivity contribution in [3.8, 4) is 11.5 Å². The number of halogens is 1. The Morgan fingerprint density at radius 2 is 2.00 bits per heavy atom. The molecule has 2 aromatic heterocycles. The van der Waals surface area contributed by atoms with Gasteiger partial charge in [0.05, 0.1) is 10.6 Å². The largest absolute Gasteiger partial charge is 0.411 e. The van der Waals surface area contributed by atoms with Crippen LogP contribution in [0.2, 0.25) is 5.02 Å². The molecule has 0 aliphatic carbocycles. The summed E-state index contributed by atoms with van der Waals surface area (Å²) < 4.78 is 32.7. The lowest BCUT2D eigenvalue weighted by Gasteiger charge is -2.19. The van der Waals surface area contributed by atoms with E-state index < -0.39 is 10.0 Å². The molecule has 4 rings (SSSR count). The molecule has 13 heteroatoms. The molecule has 2 aromatic carbocycles. The molecule has 0 spiro atoms. The Labute approximate surface area is 209 Å². The molecule has 176 valence electrons. The van der Waals surface area contributed by atoms with E-state index in [9.17, 15) is 13.2 Å². The minimum absolute atomic E-state index is 0.0326. The number of hydrogen-bond acceptors (Lipinski definition) is 9. The molecule has 0 atom stereocenters. The van der Waals surface area contributed by atoms with E-state index in [1.807, 2.05) is 0 Å². The number of thioether (sulfide) groups is 1. The van der Waals surface area contributed by atoms with Gasteiger partial charge in [0, 0.05) is 34.4 Å². The second-order valence-electron chi connectivity index (χ2n) is 6.73. The summed E-state index contributed by atoms with van der Waals surface area (Å²) in [6.07, 6.45) is 1.56. The van der Waals surface area contributed by atoms with E-state index in [2.05, 4.69) is 20.5 Å². The van der Waals surface area contributed by atoms with Crippen LogP contribution in [0.5, 0.6) is 0 Å². The number of hydrogen-bond donors (Lipinski definition) is 1. The number of anilines is 2. The number of sulfonamides is 1. The molecule has 1 N–H and O–H groups in total. The van der Waals surface area contributed by atoms with E-state index in [-0.39, 0.29) is 28.3 Å². The summed E-state index contributed by atoms with van der Waals surface area (Å²) in [7, 11) is -3.76. The fourth-order valence-electron chi connectivity index (χ4n) is 2.92. The van der Waals surface area contributed by atoms with Gasteiger partial charge in [-0.1, -0.05) is 29.4 Å². The fourth-order valence-corrected chi connectivity index (χ4v) is 6.03. The Balaban J connectivity index is 1.35. The van der Waals surface area contributed by atoms with Crippen molar-refractivity contribution in [3.05, 3.63) is 65.1 Å². The monoisotopic (exact) mass is 535 g/mol. The van der Waals surface area contributed by atoms with Gasteiger partial charge in [-0.15, -0.1) is 21.5 Å². The van der Waals surface area contributed by atoms with Crippen molar-refractivity contribution in [1.29, 1.82) is 0 Å². The van der Waals surface area contributed by atoms with Crippen LogP contribution in [-0.4, -0.2) is 41.8 Å². The number of aromatic nitrogens is 3. The van der Waals surface area contributed by atoms with Crippen molar-refractivity contribution in [3.63, 3.8) is 0 Å². The molecule has 9 nitrogen and oxygen atoms in total. The molecule has 0 aliphatic heterocycles. The average Bonchev–Trinajstić information content (AvgIpc) is 3.51. The number of thiazole rings is 1. The van der Waals surface area contributed by atoms with Crippen molar-refractivity contribution in [2.24, 2.45) is 0 Å². The minimum Gasteiger partial charge on any atom is -0.411 e. The first-order valence-corrected chi connectivity index (χ1v) is 13.6. The third-order valence-electron chi connectivity index (χ3n) is 4.45. The second-order valence-corrected chi connectivity index (χ2v) is 10.8. The summed E-state index contributed by atoms with van der Waals surface area (Å²) in [6.45, 7) is 1.99. The Hall–Kier alpha value is -2.93. The van der Waals surface area contributed by atoms with Crippen LogP contribution in [0.25, 0.3) is 11.5 Å². The van der Waals surface area contributed by atoms with Crippen LogP contribution in [-0.2, 0) is 14.8 Å². The summed E-state index contributed by atoms with van der Waals surface area (Å²) in [5.41, 5.74) is 1.15. The van der Waals surface area contributed by atoms with Crippen LogP contribution in [0.1, 0.15) is 6.92 Å². The highest BCUT2D eigenvalue weighted by atomic mass is 35.5. The van der Waals surface area contributed by atoms with Crippen molar-refractivity contribution < 1.29 is 17.6 Å². The van der Waals surface area contributed by atoms with E-state index in [1.165, 1.54) is 39.9 Å².